The van der Waals surface area contributed by atoms with E-state index in [1.807, 2.05) is 0 Å². The highest BCUT2D eigenvalue weighted by molar-refractivity contribution is 7.90. The molecule has 7 nitrogen and oxygen atoms in total. The molecule has 1 heterocycles. The first-order valence-electron chi connectivity index (χ1n) is 8.54. The van der Waals surface area contributed by atoms with Crippen LogP contribution in [0.5, 0.6) is 5.75 Å². The molecule has 3 rings (SSSR count). The van der Waals surface area contributed by atoms with E-state index in [2.05, 4.69) is 0 Å². The number of nitrogens with zero attached hydrogens (tertiary/aromatic N) is 1. The molecule has 0 aliphatic heterocycles. The van der Waals surface area contributed by atoms with Crippen molar-refractivity contribution in [1.82, 2.24) is 4.72 Å². The molecule has 0 saturated carbocycles. The number of benzene rings is 2. The standard InChI is InChI=1S/C20H13F3N2O5S/c21-20(22,23)17-10-16(7-6-13(17)11-24)31(27,28)25-19(26)18-14(8-9-29-18)12-30-15-4-2-1-3-5-15/h1-10H,12H2,(H,25,26). The molecule has 1 amide bonds. The molecule has 1 N–H and O–H groups in total. The first-order chi connectivity index (χ1) is 14.6. The number of nitriles is 1. The van der Waals surface area contributed by atoms with E-state index < -0.39 is 38.1 Å². The Morgan fingerprint density at radius 2 is 1.84 bits per heavy atom. The quantitative estimate of drug-likeness (QED) is 0.611. The van der Waals surface area contributed by atoms with Crippen molar-refractivity contribution in [3.05, 3.63) is 83.3 Å². The zero-order valence-corrected chi connectivity index (χ0v) is 16.3. The molecular formula is C20H13F3N2O5S. The average molecular weight is 450 g/mol. The number of hydrogen-bond acceptors (Lipinski definition) is 6. The molecule has 0 aliphatic carbocycles. The number of carbonyl (C=O) groups is 1. The summed E-state index contributed by atoms with van der Waals surface area (Å²) in [4.78, 5) is 11.6. The molecule has 0 saturated heterocycles. The summed E-state index contributed by atoms with van der Waals surface area (Å²) in [6.07, 6.45) is -3.81. The number of para-hydroxylation sites is 1. The van der Waals surface area contributed by atoms with Gasteiger partial charge in [-0.15, -0.1) is 0 Å². The summed E-state index contributed by atoms with van der Waals surface area (Å²) in [6.45, 7) is -0.113. The monoisotopic (exact) mass is 450 g/mol. The first-order valence-corrected chi connectivity index (χ1v) is 10.0. The highest BCUT2D eigenvalue weighted by Gasteiger charge is 2.35. The van der Waals surface area contributed by atoms with Crippen molar-refractivity contribution in [2.75, 3.05) is 0 Å². The highest BCUT2D eigenvalue weighted by Crippen LogP contribution is 2.33. The van der Waals surface area contributed by atoms with Crippen molar-refractivity contribution in [2.45, 2.75) is 17.7 Å². The lowest BCUT2D eigenvalue weighted by Gasteiger charge is -2.12. The molecule has 160 valence electrons. The molecule has 0 spiro atoms. The van der Waals surface area contributed by atoms with Gasteiger partial charge in [0, 0.05) is 5.56 Å². The van der Waals surface area contributed by atoms with Gasteiger partial charge in [0.2, 0.25) is 0 Å². The van der Waals surface area contributed by atoms with Gasteiger partial charge < -0.3 is 9.15 Å². The smallest absolute Gasteiger partial charge is 0.417 e. The van der Waals surface area contributed by atoms with Crippen LogP contribution in [0.4, 0.5) is 13.2 Å². The van der Waals surface area contributed by atoms with Crippen LogP contribution in [0.25, 0.3) is 0 Å². The number of furan rings is 1. The number of halogens is 3. The van der Waals surface area contributed by atoms with Crippen molar-refractivity contribution in [2.24, 2.45) is 0 Å². The molecular weight excluding hydrogens is 437 g/mol. The fraction of sp³-hybridized carbons (Fsp3) is 0.100. The zero-order chi connectivity index (χ0) is 22.6. The number of amides is 1. The molecule has 31 heavy (non-hydrogen) atoms. The molecule has 2 aromatic carbocycles. The van der Waals surface area contributed by atoms with Gasteiger partial charge in [-0.2, -0.15) is 18.4 Å². The van der Waals surface area contributed by atoms with E-state index in [9.17, 15) is 26.4 Å². The molecule has 3 aromatic rings. The van der Waals surface area contributed by atoms with E-state index in [1.54, 1.807) is 35.1 Å². The van der Waals surface area contributed by atoms with Crippen LogP contribution >= 0.6 is 0 Å². The molecule has 0 radical (unpaired) electrons. The third-order valence-corrected chi connectivity index (χ3v) is 5.37. The summed E-state index contributed by atoms with van der Waals surface area (Å²) in [5.41, 5.74) is -1.95. The predicted octanol–water partition coefficient (Wildman–Crippen LogP) is 3.87. The summed E-state index contributed by atoms with van der Waals surface area (Å²) in [5.74, 6) is -1.06. The van der Waals surface area contributed by atoms with Crippen molar-refractivity contribution in [1.29, 1.82) is 5.26 Å². The van der Waals surface area contributed by atoms with E-state index in [0.29, 0.717) is 11.8 Å². The number of carbonyl (C=O) groups excluding carboxylic acids is 1. The van der Waals surface area contributed by atoms with Gasteiger partial charge in [-0.25, -0.2) is 13.1 Å². The normalized spacial score (nSPS) is 11.5. The van der Waals surface area contributed by atoms with Gasteiger partial charge in [0.1, 0.15) is 12.4 Å². The molecule has 0 aliphatic rings. The highest BCUT2D eigenvalue weighted by atomic mass is 32.2. The second-order valence-electron chi connectivity index (χ2n) is 6.13. The lowest BCUT2D eigenvalue weighted by molar-refractivity contribution is -0.137. The van der Waals surface area contributed by atoms with Gasteiger partial charge in [0.25, 0.3) is 10.0 Å². The van der Waals surface area contributed by atoms with Crippen LogP contribution in [-0.4, -0.2) is 14.3 Å². The Hall–Kier alpha value is -3.78. The number of nitrogens with one attached hydrogen (secondary N) is 1. The van der Waals surface area contributed by atoms with Crippen molar-refractivity contribution >= 4 is 15.9 Å². The molecule has 1 aromatic heterocycles. The molecule has 0 atom stereocenters. The van der Waals surface area contributed by atoms with Crippen LogP contribution in [-0.2, 0) is 22.8 Å². The SMILES string of the molecule is N#Cc1ccc(S(=O)(=O)NC(=O)c2occc2COc2ccccc2)cc1C(F)(F)F. The first kappa shape index (κ1) is 21.9. The van der Waals surface area contributed by atoms with Crippen LogP contribution < -0.4 is 9.46 Å². The number of ether oxygens (including phenoxy) is 1. The van der Waals surface area contributed by atoms with Crippen LogP contribution in [0.15, 0.2) is 70.2 Å². The predicted molar refractivity (Wildman–Crippen MR) is 100 cm³/mol. The zero-order valence-electron chi connectivity index (χ0n) is 15.5. The maximum atomic E-state index is 13.1. The molecule has 0 bridgehead atoms. The number of hydrogen-bond donors (Lipinski definition) is 1. The fourth-order valence-corrected chi connectivity index (χ4v) is 3.55. The van der Waals surface area contributed by atoms with Crippen LogP contribution in [0, 0.1) is 11.3 Å². The van der Waals surface area contributed by atoms with E-state index >= 15 is 0 Å². The fourth-order valence-electron chi connectivity index (χ4n) is 2.58. The Balaban J connectivity index is 1.81. The topological polar surface area (TPSA) is 109 Å². The Labute approximate surface area is 174 Å². The molecule has 11 heteroatoms. The lowest BCUT2D eigenvalue weighted by atomic mass is 10.1. The third kappa shape index (κ3) is 5.04. The largest absolute Gasteiger partial charge is 0.489 e. The Morgan fingerprint density at radius 1 is 1.13 bits per heavy atom. The van der Waals surface area contributed by atoms with Crippen molar-refractivity contribution < 1.29 is 35.5 Å². The Bertz CT molecular complexity index is 1250. The number of alkyl halides is 3. The second kappa shape index (κ2) is 8.53. The minimum absolute atomic E-state index is 0.113. The molecule has 0 fully saturated rings. The van der Waals surface area contributed by atoms with Gasteiger partial charge >= 0.3 is 12.1 Å². The minimum atomic E-state index is -4.95. The van der Waals surface area contributed by atoms with E-state index in [-0.39, 0.29) is 24.0 Å². The Morgan fingerprint density at radius 3 is 2.48 bits per heavy atom. The summed E-state index contributed by atoms with van der Waals surface area (Å²) < 4.78 is 76.4. The third-order valence-electron chi connectivity index (χ3n) is 4.04. The van der Waals surface area contributed by atoms with E-state index in [4.69, 9.17) is 14.4 Å². The summed E-state index contributed by atoms with van der Waals surface area (Å²) in [7, 11) is -4.69. The molecule has 0 unspecified atom stereocenters. The van der Waals surface area contributed by atoms with Gasteiger partial charge in [0.05, 0.1) is 28.4 Å². The summed E-state index contributed by atoms with van der Waals surface area (Å²) in [5, 5.41) is 8.82. The lowest BCUT2D eigenvalue weighted by Crippen LogP contribution is -2.31. The summed E-state index contributed by atoms with van der Waals surface area (Å²) in [6, 6.07) is 13.1. The maximum Gasteiger partial charge on any atom is 0.417 e. The van der Waals surface area contributed by atoms with Gasteiger partial charge in [0.15, 0.2) is 5.76 Å². The van der Waals surface area contributed by atoms with Crippen LogP contribution in [0.3, 0.4) is 0 Å². The Kier molecular flexibility index (Phi) is 6.03. The second-order valence-corrected chi connectivity index (χ2v) is 7.81. The van der Waals surface area contributed by atoms with E-state index in [1.165, 1.54) is 12.1 Å². The average Bonchev–Trinajstić information content (AvgIpc) is 3.20. The maximum absolute atomic E-state index is 13.1. The van der Waals surface area contributed by atoms with Gasteiger partial charge in [-0.1, -0.05) is 18.2 Å². The van der Waals surface area contributed by atoms with Crippen LogP contribution in [0.2, 0.25) is 0 Å². The minimum Gasteiger partial charge on any atom is -0.489 e. The van der Waals surface area contributed by atoms with Crippen LogP contribution in [0.1, 0.15) is 27.2 Å². The number of sulfonamides is 1. The van der Waals surface area contributed by atoms with Gasteiger partial charge in [-0.05, 0) is 36.4 Å². The van der Waals surface area contributed by atoms with Crippen molar-refractivity contribution in [3.8, 4) is 11.8 Å². The van der Waals surface area contributed by atoms with E-state index in [0.717, 1.165) is 12.3 Å². The summed E-state index contributed by atoms with van der Waals surface area (Å²) >= 11 is 0. The van der Waals surface area contributed by atoms with Crippen molar-refractivity contribution in [3.63, 3.8) is 0 Å². The number of rotatable bonds is 6. The van der Waals surface area contributed by atoms with Gasteiger partial charge in [-0.3, -0.25) is 4.79 Å².